The van der Waals surface area contributed by atoms with Crippen molar-refractivity contribution in [3.05, 3.63) is 59.2 Å². The van der Waals surface area contributed by atoms with E-state index in [-0.39, 0.29) is 11.6 Å². The summed E-state index contributed by atoms with van der Waals surface area (Å²) in [5.41, 5.74) is 7.53. The van der Waals surface area contributed by atoms with Gasteiger partial charge in [-0.2, -0.15) is 0 Å². The molecule has 0 atom stereocenters. The smallest absolute Gasteiger partial charge is 0.165 e. The number of nitrogen functional groups attached to an aromatic ring is 1. The van der Waals surface area contributed by atoms with E-state index in [9.17, 15) is 4.39 Å². The molecule has 2 N–H and O–H groups in total. The zero-order chi connectivity index (χ0) is 13.2. The van der Waals surface area contributed by atoms with E-state index in [4.69, 9.17) is 10.5 Å². The van der Waals surface area contributed by atoms with Crippen LogP contribution in [0.4, 0.5) is 10.1 Å². The molecule has 3 rings (SSSR count). The Kier molecular flexibility index (Phi) is 3.09. The van der Waals surface area contributed by atoms with E-state index in [0.717, 1.165) is 21.3 Å². The van der Waals surface area contributed by atoms with Gasteiger partial charge in [0.05, 0.1) is 0 Å². The molecule has 0 spiro atoms. The van der Waals surface area contributed by atoms with E-state index in [1.54, 1.807) is 29.5 Å². The highest BCUT2D eigenvalue weighted by molar-refractivity contribution is 7.17. The van der Waals surface area contributed by atoms with Crippen molar-refractivity contribution in [2.45, 2.75) is 6.61 Å². The fourth-order valence-corrected chi connectivity index (χ4v) is 2.86. The summed E-state index contributed by atoms with van der Waals surface area (Å²) in [6, 6.07) is 12.2. The second-order valence-corrected chi connectivity index (χ2v) is 5.15. The summed E-state index contributed by atoms with van der Waals surface area (Å²) in [5.74, 6) is -0.0766. The maximum absolute atomic E-state index is 13.5. The minimum atomic E-state index is -0.346. The number of rotatable bonds is 3. The first-order valence-corrected chi connectivity index (χ1v) is 6.75. The molecule has 0 saturated heterocycles. The van der Waals surface area contributed by atoms with Crippen LogP contribution in [0.1, 0.15) is 5.56 Å². The number of para-hydroxylation sites is 1. The van der Waals surface area contributed by atoms with Crippen molar-refractivity contribution in [1.29, 1.82) is 0 Å². The molecule has 2 aromatic carbocycles. The summed E-state index contributed by atoms with van der Waals surface area (Å²) in [5, 5.41) is 3.09. The lowest BCUT2D eigenvalue weighted by molar-refractivity contribution is 0.292. The van der Waals surface area contributed by atoms with E-state index < -0.39 is 0 Å². The maximum Gasteiger partial charge on any atom is 0.165 e. The van der Waals surface area contributed by atoms with Crippen molar-refractivity contribution in [3.63, 3.8) is 0 Å². The lowest BCUT2D eigenvalue weighted by atomic mass is 10.2. The number of fused-ring (bicyclic) bond motifs is 1. The van der Waals surface area contributed by atoms with Crippen LogP contribution in [0, 0.1) is 5.82 Å². The Labute approximate surface area is 114 Å². The molecular weight excluding hydrogens is 261 g/mol. The number of anilines is 1. The Bertz CT molecular complexity index is 723. The third-order valence-electron chi connectivity index (χ3n) is 2.90. The normalized spacial score (nSPS) is 10.8. The molecule has 0 aliphatic carbocycles. The van der Waals surface area contributed by atoms with E-state index in [0.29, 0.717) is 6.61 Å². The van der Waals surface area contributed by atoms with E-state index in [1.807, 2.05) is 23.6 Å². The number of nitrogens with two attached hydrogens (primary N) is 1. The molecule has 3 aromatic rings. The van der Waals surface area contributed by atoms with Gasteiger partial charge in [-0.25, -0.2) is 4.39 Å². The highest BCUT2D eigenvalue weighted by Crippen LogP contribution is 2.29. The zero-order valence-electron chi connectivity index (χ0n) is 10.1. The number of benzene rings is 2. The average molecular weight is 273 g/mol. The van der Waals surface area contributed by atoms with Crippen molar-refractivity contribution >= 4 is 27.1 Å². The van der Waals surface area contributed by atoms with Crippen LogP contribution in [0.25, 0.3) is 10.1 Å². The Morgan fingerprint density at radius 1 is 1.16 bits per heavy atom. The minimum Gasteiger partial charge on any atom is -0.486 e. The van der Waals surface area contributed by atoms with Crippen LogP contribution in [0.15, 0.2) is 47.8 Å². The van der Waals surface area contributed by atoms with Crippen LogP contribution in [0.3, 0.4) is 0 Å². The van der Waals surface area contributed by atoms with Crippen LogP contribution in [0.2, 0.25) is 0 Å². The first kappa shape index (κ1) is 12.0. The zero-order valence-corrected chi connectivity index (χ0v) is 10.9. The van der Waals surface area contributed by atoms with Gasteiger partial charge in [0.1, 0.15) is 6.61 Å². The van der Waals surface area contributed by atoms with Gasteiger partial charge in [0.25, 0.3) is 0 Å². The van der Waals surface area contributed by atoms with Gasteiger partial charge in [-0.05, 0) is 35.7 Å². The number of halogens is 1. The molecule has 0 aliphatic rings. The predicted molar refractivity (Wildman–Crippen MR) is 77.0 cm³/mol. The Morgan fingerprint density at radius 3 is 2.84 bits per heavy atom. The van der Waals surface area contributed by atoms with Crippen LogP contribution < -0.4 is 10.5 Å². The third kappa shape index (κ3) is 2.39. The molecule has 19 heavy (non-hydrogen) atoms. The number of ether oxygens (including phenoxy) is 1. The molecule has 1 aromatic heterocycles. The third-order valence-corrected chi connectivity index (χ3v) is 3.91. The Balaban J connectivity index is 1.86. The molecule has 0 unspecified atom stereocenters. The summed E-state index contributed by atoms with van der Waals surface area (Å²) >= 11 is 1.63. The highest BCUT2D eigenvalue weighted by Gasteiger charge is 2.07. The molecule has 0 bridgehead atoms. The van der Waals surface area contributed by atoms with Crippen LogP contribution in [0.5, 0.6) is 5.75 Å². The standard InChI is InChI=1S/C15H12FNOS/c16-13-3-1-2-4-14(13)18-8-10-9-19-15-6-5-11(17)7-12(10)15/h1-7,9H,8,17H2. The Morgan fingerprint density at radius 2 is 2.00 bits per heavy atom. The van der Waals surface area contributed by atoms with Gasteiger partial charge in [-0.1, -0.05) is 12.1 Å². The average Bonchev–Trinajstić information content (AvgIpc) is 2.80. The van der Waals surface area contributed by atoms with E-state index in [1.165, 1.54) is 6.07 Å². The molecule has 1 heterocycles. The van der Waals surface area contributed by atoms with Crippen LogP contribution in [-0.4, -0.2) is 0 Å². The van der Waals surface area contributed by atoms with Gasteiger partial charge in [-0.15, -0.1) is 11.3 Å². The minimum absolute atomic E-state index is 0.269. The van der Waals surface area contributed by atoms with Crippen molar-refractivity contribution in [1.82, 2.24) is 0 Å². The summed E-state index contributed by atoms with van der Waals surface area (Å²) in [7, 11) is 0. The molecule has 2 nitrogen and oxygen atoms in total. The first-order valence-electron chi connectivity index (χ1n) is 5.87. The van der Waals surface area contributed by atoms with Crippen molar-refractivity contribution in [3.8, 4) is 5.75 Å². The number of hydrogen-bond acceptors (Lipinski definition) is 3. The fourth-order valence-electron chi connectivity index (χ4n) is 1.93. The van der Waals surface area contributed by atoms with Gasteiger partial charge in [0.2, 0.25) is 0 Å². The molecule has 0 amide bonds. The molecule has 96 valence electrons. The lowest BCUT2D eigenvalue weighted by Gasteiger charge is -2.06. The SMILES string of the molecule is Nc1ccc2scc(COc3ccccc3F)c2c1. The fraction of sp³-hybridized carbons (Fsp3) is 0.0667. The lowest BCUT2D eigenvalue weighted by Crippen LogP contribution is -1.96. The summed E-state index contributed by atoms with van der Waals surface area (Å²) in [4.78, 5) is 0. The summed E-state index contributed by atoms with van der Waals surface area (Å²) < 4.78 is 20.1. The second-order valence-electron chi connectivity index (χ2n) is 4.24. The van der Waals surface area contributed by atoms with E-state index in [2.05, 4.69) is 0 Å². The van der Waals surface area contributed by atoms with Gasteiger partial charge in [0.15, 0.2) is 11.6 Å². The van der Waals surface area contributed by atoms with Crippen molar-refractivity contribution < 1.29 is 9.13 Å². The first-order chi connectivity index (χ1) is 9.24. The predicted octanol–water partition coefficient (Wildman–Crippen LogP) is 4.20. The van der Waals surface area contributed by atoms with Gasteiger partial charge < -0.3 is 10.5 Å². The maximum atomic E-state index is 13.5. The highest BCUT2D eigenvalue weighted by atomic mass is 32.1. The molecule has 0 aliphatic heterocycles. The number of hydrogen-bond donors (Lipinski definition) is 1. The van der Waals surface area contributed by atoms with Crippen molar-refractivity contribution in [2.24, 2.45) is 0 Å². The molecule has 0 fully saturated rings. The molecule has 0 radical (unpaired) electrons. The Hall–Kier alpha value is -2.07. The second kappa shape index (κ2) is 4.90. The monoisotopic (exact) mass is 273 g/mol. The van der Waals surface area contributed by atoms with Crippen LogP contribution >= 0.6 is 11.3 Å². The largest absolute Gasteiger partial charge is 0.486 e. The van der Waals surface area contributed by atoms with Gasteiger partial charge >= 0.3 is 0 Å². The van der Waals surface area contributed by atoms with E-state index >= 15 is 0 Å². The molecule has 0 saturated carbocycles. The summed E-state index contributed by atoms with van der Waals surface area (Å²) in [6.07, 6.45) is 0. The summed E-state index contributed by atoms with van der Waals surface area (Å²) in [6.45, 7) is 0.338. The molecule has 4 heteroatoms. The topological polar surface area (TPSA) is 35.2 Å². The van der Waals surface area contributed by atoms with Gasteiger partial charge in [0, 0.05) is 21.3 Å². The quantitative estimate of drug-likeness (QED) is 0.726. The number of thiophene rings is 1. The van der Waals surface area contributed by atoms with Gasteiger partial charge in [-0.3, -0.25) is 0 Å². The molecular formula is C15H12FNOS. The van der Waals surface area contributed by atoms with Crippen molar-refractivity contribution in [2.75, 3.05) is 5.73 Å². The van der Waals surface area contributed by atoms with Crippen LogP contribution in [-0.2, 0) is 6.61 Å².